The highest BCUT2D eigenvalue weighted by Crippen LogP contribution is 2.51. The van der Waals surface area contributed by atoms with E-state index in [0.717, 1.165) is 22.8 Å². The van der Waals surface area contributed by atoms with Gasteiger partial charge in [0, 0.05) is 0 Å². The molecule has 1 aromatic heterocycles. The van der Waals surface area contributed by atoms with Crippen LogP contribution in [0.25, 0.3) is 0 Å². The second-order valence-electron chi connectivity index (χ2n) is 8.33. The first-order valence-electron chi connectivity index (χ1n) is 9.26. The van der Waals surface area contributed by atoms with E-state index >= 15 is 0 Å². The van der Waals surface area contributed by atoms with Crippen molar-refractivity contribution >= 4 is 17.1 Å². The summed E-state index contributed by atoms with van der Waals surface area (Å²) in [6.45, 7) is 13.2. The average Bonchev–Trinajstić information content (AvgIpc) is 2.60. The maximum absolute atomic E-state index is 6.05. The van der Waals surface area contributed by atoms with Crippen LogP contribution in [0.3, 0.4) is 0 Å². The van der Waals surface area contributed by atoms with Gasteiger partial charge >= 0.3 is 0 Å². The number of hydrogen-bond donors (Lipinski definition) is 0. The van der Waals surface area contributed by atoms with Crippen LogP contribution in [-0.2, 0) is 5.41 Å². The summed E-state index contributed by atoms with van der Waals surface area (Å²) in [5.41, 5.74) is 8.13. The number of benzene rings is 2. The van der Waals surface area contributed by atoms with Crippen molar-refractivity contribution in [3.8, 4) is 11.6 Å². The summed E-state index contributed by atoms with van der Waals surface area (Å²) < 4.78 is 6.05. The maximum atomic E-state index is 6.05. The maximum Gasteiger partial charge on any atom is 0.247 e. The van der Waals surface area contributed by atoms with E-state index in [-0.39, 0.29) is 5.41 Å². The molecule has 0 saturated heterocycles. The number of fused-ring (bicyclic) bond motifs is 2. The van der Waals surface area contributed by atoms with E-state index < -0.39 is 0 Å². The number of anilines is 3. The van der Waals surface area contributed by atoms with Crippen molar-refractivity contribution in [1.82, 2.24) is 9.97 Å². The molecular weight excluding hydrogens is 334 g/mol. The van der Waals surface area contributed by atoms with Crippen molar-refractivity contribution in [3.05, 3.63) is 65.1 Å². The van der Waals surface area contributed by atoms with Gasteiger partial charge < -0.3 is 9.64 Å². The monoisotopic (exact) mass is 359 g/mol. The van der Waals surface area contributed by atoms with Crippen LogP contribution in [0, 0.1) is 20.8 Å². The van der Waals surface area contributed by atoms with Crippen LogP contribution in [0.2, 0.25) is 0 Å². The molecule has 0 aliphatic carbocycles. The molecule has 0 atom stereocenters. The molecule has 3 aromatic rings. The molecule has 2 aromatic carbocycles. The number of aromatic nitrogens is 2. The van der Waals surface area contributed by atoms with Gasteiger partial charge in [0.05, 0.1) is 17.6 Å². The fourth-order valence-corrected chi connectivity index (χ4v) is 3.65. The third-order valence-corrected chi connectivity index (χ3v) is 5.04. The molecule has 4 heteroatoms. The molecule has 1 aliphatic rings. The molecule has 138 valence electrons. The normalized spacial score (nSPS) is 13.0. The van der Waals surface area contributed by atoms with E-state index in [1.807, 2.05) is 12.3 Å². The van der Waals surface area contributed by atoms with Gasteiger partial charge in [0.2, 0.25) is 5.88 Å². The Labute approximate surface area is 160 Å². The molecule has 0 amide bonds. The second-order valence-corrected chi connectivity index (χ2v) is 8.33. The van der Waals surface area contributed by atoms with Gasteiger partial charge in [0.15, 0.2) is 5.75 Å². The molecule has 1 aliphatic heterocycles. The zero-order chi connectivity index (χ0) is 19.3. The van der Waals surface area contributed by atoms with Crippen molar-refractivity contribution in [3.63, 3.8) is 0 Å². The quantitative estimate of drug-likeness (QED) is 0.401. The van der Waals surface area contributed by atoms with Gasteiger partial charge in [0.25, 0.3) is 0 Å². The summed E-state index contributed by atoms with van der Waals surface area (Å²) in [7, 11) is 0. The van der Waals surface area contributed by atoms with Crippen LogP contribution in [0.5, 0.6) is 11.6 Å². The molecule has 0 spiro atoms. The first-order chi connectivity index (χ1) is 12.8. The van der Waals surface area contributed by atoms with Gasteiger partial charge in [-0.3, -0.25) is 0 Å². The molecule has 27 heavy (non-hydrogen) atoms. The lowest BCUT2D eigenvalue weighted by Gasteiger charge is -2.34. The first kappa shape index (κ1) is 17.5. The van der Waals surface area contributed by atoms with Gasteiger partial charge in [0.1, 0.15) is 12.0 Å². The van der Waals surface area contributed by atoms with Crippen LogP contribution >= 0.6 is 0 Å². The van der Waals surface area contributed by atoms with Gasteiger partial charge in [-0.2, -0.15) is 4.98 Å². The third-order valence-electron chi connectivity index (χ3n) is 5.04. The van der Waals surface area contributed by atoms with Crippen LogP contribution in [0.1, 0.15) is 43.0 Å². The Bertz CT molecular complexity index is 1010. The molecule has 4 nitrogen and oxygen atoms in total. The average molecular weight is 359 g/mol. The fourth-order valence-electron chi connectivity index (χ4n) is 3.65. The van der Waals surface area contributed by atoms with Gasteiger partial charge in [-0.1, -0.05) is 39.0 Å². The van der Waals surface area contributed by atoms with Crippen molar-refractivity contribution in [1.29, 1.82) is 0 Å². The summed E-state index contributed by atoms with van der Waals surface area (Å²) in [6.07, 6.45) is 3.35. The van der Waals surface area contributed by atoms with Gasteiger partial charge in [-0.05, 0) is 60.6 Å². The van der Waals surface area contributed by atoms with E-state index in [9.17, 15) is 0 Å². The molecule has 0 unspecified atom stereocenters. The Morgan fingerprint density at radius 3 is 2.30 bits per heavy atom. The SMILES string of the molecule is Cc1ccc2c(c1)N(c1c(C)cc(C(C)(C)C)cc1C)c1cncnc1O2. The lowest BCUT2D eigenvalue weighted by Crippen LogP contribution is -2.20. The van der Waals surface area contributed by atoms with Crippen molar-refractivity contribution in [2.75, 3.05) is 4.90 Å². The number of rotatable bonds is 1. The summed E-state index contributed by atoms with van der Waals surface area (Å²) in [6, 6.07) is 10.8. The largest absolute Gasteiger partial charge is 0.435 e. The summed E-state index contributed by atoms with van der Waals surface area (Å²) in [5.74, 6) is 1.39. The highest BCUT2D eigenvalue weighted by Gasteiger charge is 2.29. The molecule has 0 saturated carbocycles. The Hall–Kier alpha value is -2.88. The van der Waals surface area contributed by atoms with Crippen molar-refractivity contribution in [2.45, 2.75) is 47.0 Å². The molecule has 0 N–H and O–H groups in total. The topological polar surface area (TPSA) is 38.2 Å². The molecule has 2 heterocycles. The predicted octanol–water partition coefficient (Wildman–Crippen LogP) is 6.27. The Morgan fingerprint density at radius 2 is 1.63 bits per heavy atom. The van der Waals surface area contributed by atoms with Crippen LogP contribution in [-0.4, -0.2) is 9.97 Å². The summed E-state index contributed by atoms with van der Waals surface area (Å²) in [4.78, 5) is 10.8. The highest BCUT2D eigenvalue weighted by molar-refractivity contribution is 5.87. The first-order valence-corrected chi connectivity index (χ1v) is 9.26. The summed E-state index contributed by atoms with van der Waals surface area (Å²) in [5, 5.41) is 0. The number of hydrogen-bond acceptors (Lipinski definition) is 4. The molecule has 0 fully saturated rings. The number of nitrogens with zero attached hydrogens (tertiary/aromatic N) is 3. The van der Waals surface area contributed by atoms with Crippen LogP contribution in [0.15, 0.2) is 42.9 Å². The number of aryl methyl sites for hydroxylation is 3. The Kier molecular flexibility index (Phi) is 3.95. The second kappa shape index (κ2) is 6.08. The van der Waals surface area contributed by atoms with E-state index in [0.29, 0.717) is 5.88 Å². The molecular formula is C23H25N3O. The van der Waals surface area contributed by atoms with Crippen molar-refractivity contribution < 1.29 is 4.74 Å². The van der Waals surface area contributed by atoms with Crippen LogP contribution in [0.4, 0.5) is 17.1 Å². The smallest absolute Gasteiger partial charge is 0.247 e. The Balaban J connectivity index is 1.99. The minimum atomic E-state index is 0.106. The zero-order valence-corrected chi connectivity index (χ0v) is 16.8. The van der Waals surface area contributed by atoms with E-state index in [1.54, 1.807) is 0 Å². The minimum Gasteiger partial charge on any atom is -0.435 e. The lowest BCUT2D eigenvalue weighted by molar-refractivity contribution is 0.455. The predicted molar refractivity (Wildman–Crippen MR) is 110 cm³/mol. The number of ether oxygens (including phenoxy) is 1. The standard InChI is InChI=1S/C23H25N3O/c1-14-7-8-20-18(9-14)26(19-12-24-13-25-22(19)27-20)21-15(2)10-17(11-16(21)3)23(4,5)6/h7-13H,1-6H3. The lowest BCUT2D eigenvalue weighted by atomic mass is 9.84. The zero-order valence-electron chi connectivity index (χ0n) is 16.8. The Morgan fingerprint density at radius 1 is 0.926 bits per heavy atom. The highest BCUT2D eigenvalue weighted by atomic mass is 16.5. The van der Waals surface area contributed by atoms with E-state index in [1.165, 1.54) is 28.6 Å². The third kappa shape index (κ3) is 2.95. The van der Waals surface area contributed by atoms with Crippen LogP contribution < -0.4 is 9.64 Å². The molecule has 0 radical (unpaired) electrons. The van der Waals surface area contributed by atoms with Gasteiger partial charge in [-0.25, -0.2) is 4.98 Å². The van der Waals surface area contributed by atoms with Gasteiger partial charge in [-0.15, -0.1) is 0 Å². The summed E-state index contributed by atoms with van der Waals surface area (Å²) >= 11 is 0. The minimum absolute atomic E-state index is 0.106. The van der Waals surface area contributed by atoms with E-state index in [4.69, 9.17) is 4.74 Å². The molecule has 0 bridgehead atoms. The van der Waals surface area contributed by atoms with E-state index in [2.05, 4.69) is 80.7 Å². The molecule has 4 rings (SSSR count). The van der Waals surface area contributed by atoms with Crippen molar-refractivity contribution in [2.24, 2.45) is 0 Å². The fraction of sp³-hybridized carbons (Fsp3) is 0.304.